The highest BCUT2D eigenvalue weighted by Crippen LogP contribution is 2.59. The number of amides is 1. The molecular formula is C23H24ClNO3S. The van der Waals surface area contributed by atoms with Gasteiger partial charge in [-0.2, -0.15) is 0 Å². The maximum atomic E-state index is 13.0. The molecule has 29 heavy (non-hydrogen) atoms. The van der Waals surface area contributed by atoms with Crippen LogP contribution in [0, 0.1) is 23.2 Å². The van der Waals surface area contributed by atoms with Crippen molar-refractivity contribution in [1.82, 2.24) is 5.32 Å². The first-order valence-corrected chi connectivity index (χ1v) is 11.6. The van der Waals surface area contributed by atoms with E-state index in [1.54, 1.807) is 29.6 Å². The third-order valence-corrected chi connectivity index (χ3v) is 8.40. The molecule has 4 saturated carbocycles. The molecule has 0 spiro atoms. The van der Waals surface area contributed by atoms with Gasteiger partial charge in [0, 0.05) is 12.1 Å². The van der Waals surface area contributed by atoms with Crippen LogP contribution in [0.2, 0.25) is 5.02 Å². The van der Waals surface area contributed by atoms with Crippen LogP contribution in [-0.2, 0) is 0 Å². The second-order valence-electron chi connectivity index (χ2n) is 9.26. The number of nitrogens with one attached hydrogen (secondary N) is 1. The first-order valence-electron chi connectivity index (χ1n) is 10.3. The lowest BCUT2D eigenvalue weighted by Crippen LogP contribution is -2.51. The summed E-state index contributed by atoms with van der Waals surface area (Å²) in [6.07, 6.45) is 7.87. The molecule has 6 heteroatoms. The number of carboxylic acid groups (broad SMARTS) is 1. The van der Waals surface area contributed by atoms with E-state index in [4.69, 9.17) is 11.6 Å². The standard InChI is InChI=1S/C23H24ClNO3S/c24-19-2-1-16(17-3-4-29-20(17)22(27)28)8-18(19)21(26)25-12-23-9-13-5-14(10-23)7-15(6-13)11-23/h1-4,8,13-15H,5-7,9-12H2,(H,25,26)(H,27,28). The van der Waals surface area contributed by atoms with Crippen molar-refractivity contribution in [2.45, 2.75) is 38.5 Å². The Hall–Kier alpha value is -1.85. The largest absolute Gasteiger partial charge is 0.477 e. The normalized spacial score (nSPS) is 29.8. The molecule has 0 atom stereocenters. The Morgan fingerprint density at radius 1 is 1.10 bits per heavy atom. The smallest absolute Gasteiger partial charge is 0.346 e. The summed E-state index contributed by atoms with van der Waals surface area (Å²) >= 11 is 7.52. The van der Waals surface area contributed by atoms with Crippen molar-refractivity contribution in [3.8, 4) is 11.1 Å². The third kappa shape index (κ3) is 3.49. The van der Waals surface area contributed by atoms with Gasteiger partial charge in [-0.3, -0.25) is 4.79 Å². The second kappa shape index (κ2) is 7.13. The zero-order chi connectivity index (χ0) is 20.2. The van der Waals surface area contributed by atoms with Gasteiger partial charge in [0.25, 0.3) is 5.91 Å². The number of halogens is 1. The van der Waals surface area contributed by atoms with Gasteiger partial charge in [-0.25, -0.2) is 4.79 Å². The van der Waals surface area contributed by atoms with Crippen molar-refractivity contribution in [2.24, 2.45) is 23.2 Å². The van der Waals surface area contributed by atoms with Gasteiger partial charge in [0.1, 0.15) is 4.88 Å². The summed E-state index contributed by atoms with van der Waals surface area (Å²) in [6.45, 7) is 0.717. The van der Waals surface area contributed by atoms with E-state index in [1.807, 2.05) is 0 Å². The van der Waals surface area contributed by atoms with E-state index < -0.39 is 5.97 Å². The molecule has 4 nitrogen and oxygen atoms in total. The first-order chi connectivity index (χ1) is 13.9. The summed E-state index contributed by atoms with van der Waals surface area (Å²) < 4.78 is 0. The van der Waals surface area contributed by atoms with Crippen molar-refractivity contribution in [1.29, 1.82) is 0 Å². The van der Waals surface area contributed by atoms with Crippen LogP contribution in [-0.4, -0.2) is 23.5 Å². The van der Waals surface area contributed by atoms with Crippen molar-refractivity contribution in [3.63, 3.8) is 0 Å². The molecule has 0 saturated heterocycles. The summed E-state index contributed by atoms with van der Waals surface area (Å²) in [5.41, 5.74) is 2.00. The number of thiophene rings is 1. The molecule has 1 amide bonds. The molecule has 4 fully saturated rings. The number of rotatable bonds is 5. The lowest BCUT2D eigenvalue weighted by atomic mass is 9.49. The van der Waals surface area contributed by atoms with Gasteiger partial charge < -0.3 is 10.4 Å². The number of carbonyl (C=O) groups is 2. The van der Waals surface area contributed by atoms with Crippen molar-refractivity contribution in [3.05, 3.63) is 45.1 Å². The van der Waals surface area contributed by atoms with Crippen LogP contribution in [0.5, 0.6) is 0 Å². The van der Waals surface area contributed by atoms with Crippen molar-refractivity contribution < 1.29 is 14.7 Å². The van der Waals surface area contributed by atoms with E-state index in [0.717, 1.165) is 17.8 Å². The molecule has 4 bridgehead atoms. The van der Waals surface area contributed by atoms with Crippen LogP contribution >= 0.6 is 22.9 Å². The molecule has 1 heterocycles. The summed E-state index contributed by atoms with van der Waals surface area (Å²) in [7, 11) is 0. The molecular weight excluding hydrogens is 406 g/mol. The topological polar surface area (TPSA) is 66.4 Å². The molecule has 0 unspecified atom stereocenters. The average molecular weight is 430 g/mol. The summed E-state index contributed by atoms with van der Waals surface area (Å²) in [6, 6.07) is 6.94. The SMILES string of the molecule is O=C(NCC12CC3CC(CC(C3)C1)C2)c1cc(-c2ccsc2C(=O)O)ccc1Cl. The molecule has 152 valence electrons. The highest BCUT2D eigenvalue weighted by molar-refractivity contribution is 7.12. The minimum absolute atomic E-state index is 0.167. The van der Waals surface area contributed by atoms with Crippen LogP contribution in [0.3, 0.4) is 0 Å². The molecule has 4 aliphatic carbocycles. The van der Waals surface area contributed by atoms with Crippen LogP contribution in [0.1, 0.15) is 58.6 Å². The highest BCUT2D eigenvalue weighted by atomic mass is 35.5. The van der Waals surface area contributed by atoms with E-state index >= 15 is 0 Å². The van der Waals surface area contributed by atoms with Gasteiger partial charge in [-0.05, 0) is 90.8 Å². The number of hydrogen-bond acceptors (Lipinski definition) is 3. The predicted molar refractivity (Wildman–Crippen MR) is 115 cm³/mol. The van der Waals surface area contributed by atoms with Crippen molar-refractivity contribution >= 4 is 34.8 Å². The van der Waals surface area contributed by atoms with E-state index in [0.29, 0.717) is 28.3 Å². The molecule has 0 aliphatic heterocycles. The Kier molecular flexibility index (Phi) is 4.71. The van der Waals surface area contributed by atoms with E-state index in [9.17, 15) is 14.7 Å². The highest BCUT2D eigenvalue weighted by Gasteiger charge is 2.50. The Balaban J connectivity index is 1.35. The van der Waals surface area contributed by atoms with Gasteiger partial charge in [0.15, 0.2) is 0 Å². The maximum Gasteiger partial charge on any atom is 0.346 e. The Bertz CT molecular complexity index is 947. The van der Waals surface area contributed by atoms with Gasteiger partial charge >= 0.3 is 5.97 Å². The van der Waals surface area contributed by atoms with Gasteiger partial charge in [-0.15, -0.1) is 11.3 Å². The van der Waals surface area contributed by atoms with Gasteiger partial charge in [0.05, 0.1) is 10.6 Å². The molecule has 4 aliphatic rings. The molecule has 2 aromatic rings. The third-order valence-electron chi connectivity index (χ3n) is 7.17. The zero-order valence-electron chi connectivity index (χ0n) is 16.1. The summed E-state index contributed by atoms with van der Waals surface area (Å²) in [4.78, 5) is 24.7. The fourth-order valence-electron chi connectivity index (χ4n) is 6.44. The van der Waals surface area contributed by atoms with E-state index in [1.165, 1.54) is 49.9 Å². The quantitative estimate of drug-likeness (QED) is 0.639. The molecule has 0 radical (unpaired) electrons. The van der Waals surface area contributed by atoms with E-state index in [2.05, 4.69) is 5.32 Å². The van der Waals surface area contributed by atoms with Gasteiger partial charge in [-0.1, -0.05) is 17.7 Å². The minimum Gasteiger partial charge on any atom is -0.477 e. The Morgan fingerprint density at radius 2 is 1.76 bits per heavy atom. The molecule has 2 N–H and O–H groups in total. The zero-order valence-corrected chi connectivity index (χ0v) is 17.7. The fourth-order valence-corrected chi connectivity index (χ4v) is 7.40. The lowest BCUT2D eigenvalue weighted by Gasteiger charge is -2.56. The molecule has 1 aromatic heterocycles. The van der Waals surface area contributed by atoms with Crippen LogP contribution < -0.4 is 5.32 Å². The maximum absolute atomic E-state index is 13.0. The molecule has 6 rings (SSSR count). The summed E-state index contributed by atoms with van der Waals surface area (Å²) in [5.74, 6) is 1.41. The van der Waals surface area contributed by atoms with Crippen LogP contribution in [0.4, 0.5) is 0 Å². The number of carboxylic acids is 1. The number of hydrogen-bond donors (Lipinski definition) is 2. The second-order valence-corrected chi connectivity index (χ2v) is 10.6. The fraction of sp³-hybridized carbons (Fsp3) is 0.478. The van der Waals surface area contributed by atoms with Crippen LogP contribution in [0.25, 0.3) is 11.1 Å². The Labute approximate surface area is 179 Å². The number of benzene rings is 1. The number of carbonyl (C=O) groups excluding carboxylic acids is 1. The van der Waals surface area contributed by atoms with Crippen LogP contribution in [0.15, 0.2) is 29.6 Å². The molecule has 1 aromatic carbocycles. The number of aromatic carboxylic acids is 1. The average Bonchev–Trinajstić information content (AvgIpc) is 3.16. The van der Waals surface area contributed by atoms with Crippen molar-refractivity contribution in [2.75, 3.05) is 6.54 Å². The first kappa shape index (κ1) is 19.1. The van der Waals surface area contributed by atoms with E-state index in [-0.39, 0.29) is 16.2 Å². The minimum atomic E-state index is -0.960. The van der Waals surface area contributed by atoms with Gasteiger partial charge in [0.2, 0.25) is 0 Å². The Morgan fingerprint density at radius 3 is 2.38 bits per heavy atom. The monoisotopic (exact) mass is 429 g/mol. The lowest BCUT2D eigenvalue weighted by molar-refractivity contribution is -0.0503. The summed E-state index contributed by atoms with van der Waals surface area (Å²) in [5, 5.41) is 14.7. The predicted octanol–water partition coefficient (Wildman–Crippen LogP) is 5.71.